The molecule has 16 heavy (non-hydrogen) atoms. The maximum absolute atomic E-state index is 10.5. The van der Waals surface area contributed by atoms with E-state index in [9.17, 15) is 10.1 Å². The summed E-state index contributed by atoms with van der Waals surface area (Å²) in [5, 5.41) is 17.8. The molecule has 0 saturated carbocycles. The number of nitro groups is 1. The molecule has 0 unspecified atom stereocenters. The van der Waals surface area contributed by atoms with Gasteiger partial charge in [-0.15, -0.1) is 5.10 Å². The normalized spacial score (nSPS) is 10.9. The van der Waals surface area contributed by atoms with E-state index < -0.39 is 4.92 Å². The monoisotopic (exact) mass is 221 g/mol. The second-order valence-electron chi connectivity index (χ2n) is 3.70. The van der Waals surface area contributed by atoms with E-state index >= 15 is 0 Å². The van der Waals surface area contributed by atoms with Gasteiger partial charge in [-0.25, -0.2) is 9.50 Å². The van der Waals surface area contributed by atoms with Gasteiger partial charge >= 0.3 is 5.69 Å². The number of nitrogens with zero attached hydrogens (tertiary/aromatic N) is 4. The third-order valence-electron chi connectivity index (χ3n) is 1.95. The van der Waals surface area contributed by atoms with Crippen LogP contribution in [0.25, 0.3) is 5.65 Å². The van der Waals surface area contributed by atoms with Crippen molar-refractivity contribution in [2.75, 3.05) is 5.32 Å². The van der Waals surface area contributed by atoms with Crippen molar-refractivity contribution in [2.24, 2.45) is 0 Å². The van der Waals surface area contributed by atoms with Crippen molar-refractivity contribution in [3.63, 3.8) is 0 Å². The van der Waals surface area contributed by atoms with E-state index in [1.54, 1.807) is 6.07 Å². The average molecular weight is 221 g/mol. The van der Waals surface area contributed by atoms with Crippen LogP contribution in [0.2, 0.25) is 0 Å². The zero-order valence-electron chi connectivity index (χ0n) is 8.91. The van der Waals surface area contributed by atoms with Crippen LogP contribution in [0.4, 0.5) is 11.5 Å². The summed E-state index contributed by atoms with van der Waals surface area (Å²) in [7, 11) is 0. The number of hydrogen-bond donors (Lipinski definition) is 1. The van der Waals surface area contributed by atoms with Gasteiger partial charge in [-0.05, 0) is 13.8 Å². The number of fused-ring (bicyclic) bond motifs is 1. The standard InChI is InChI=1S/C9H11N5O2/c1-6(2)11-8-3-9-10-4-7(14(15)16)5-13(9)12-8/h3-6H,1-2H3,(H,11,12). The average Bonchev–Trinajstić information content (AvgIpc) is 2.56. The number of anilines is 1. The SMILES string of the molecule is CC(C)Nc1cc2ncc([N+](=O)[O-])cn2n1. The number of rotatable bonds is 3. The predicted octanol–water partition coefficient (Wildman–Crippen LogP) is 1.46. The molecule has 0 amide bonds. The molecule has 0 aromatic carbocycles. The number of hydrogen-bond acceptors (Lipinski definition) is 5. The highest BCUT2D eigenvalue weighted by Gasteiger charge is 2.09. The Labute approximate surface area is 91.3 Å². The molecule has 0 aliphatic heterocycles. The molecule has 2 rings (SSSR count). The molecule has 2 aromatic heterocycles. The lowest BCUT2D eigenvalue weighted by molar-refractivity contribution is -0.385. The molecule has 0 atom stereocenters. The van der Waals surface area contributed by atoms with Crippen LogP contribution in [-0.2, 0) is 0 Å². The minimum Gasteiger partial charge on any atom is -0.366 e. The maximum atomic E-state index is 10.5. The first-order chi connectivity index (χ1) is 7.56. The summed E-state index contributed by atoms with van der Waals surface area (Å²) in [5.74, 6) is 0.656. The largest absolute Gasteiger partial charge is 0.366 e. The third kappa shape index (κ3) is 1.92. The van der Waals surface area contributed by atoms with Gasteiger partial charge in [-0.1, -0.05) is 0 Å². The third-order valence-corrected chi connectivity index (χ3v) is 1.95. The Morgan fingerprint density at radius 1 is 1.56 bits per heavy atom. The molecule has 0 radical (unpaired) electrons. The summed E-state index contributed by atoms with van der Waals surface area (Å²) in [5.41, 5.74) is 0.500. The molecular formula is C9H11N5O2. The molecule has 0 fully saturated rings. The molecule has 0 spiro atoms. The maximum Gasteiger partial charge on any atom is 0.305 e. The molecule has 7 nitrogen and oxygen atoms in total. The Kier molecular flexibility index (Phi) is 2.43. The van der Waals surface area contributed by atoms with Crippen LogP contribution in [0.5, 0.6) is 0 Å². The van der Waals surface area contributed by atoms with Crippen molar-refractivity contribution in [3.05, 3.63) is 28.6 Å². The van der Waals surface area contributed by atoms with Crippen LogP contribution in [0.15, 0.2) is 18.5 Å². The summed E-state index contributed by atoms with van der Waals surface area (Å²) >= 11 is 0. The first kappa shape index (κ1) is 10.3. The topological polar surface area (TPSA) is 85.4 Å². The van der Waals surface area contributed by atoms with Crippen LogP contribution in [-0.4, -0.2) is 25.6 Å². The fourth-order valence-corrected chi connectivity index (χ4v) is 1.33. The number of aromatic nitrogens is 3. The lowest BCUT2D eigenvalue weighted by Crippen LogP contribution is -2.09. The van der Waals surface area contributed by atoms with E-state index in [4.69, 9.17) is 0 Å². The Morgan fingerprint density at radius 3 is 2.94 bits per heavy atom. The van der Waals surface area contributed by atoms with Gasteiger partial charge in [0, 0.05) is 12.1 Å². The fraction of sp³-hybridized carbons (Fsp3) is 0.333. The Balaban J connectivity index is 2.42. The van der Waals surface area contributed by atoms with E-state index in [1.807, 2.05) is 13.8 Å². The van der Waals surface area contributed by atoms with E-state index in [0.717, 1.165) is 0 Å². The van der Waals surface area contributed by atoms with Gasteiger partial charge in [0.15, 0.2) is 11.5 Å². The van der Waals surface area contributed by atoms with Gasteiger partial charge in [-0.3, -0.25) is 10.1 Å². The lowest BCUT2D eigenvalue weighted by Gasteiger charge is -2.03. The zero-order chi connectivity index (χ0) is 11.7. The van der Waals surface area contributed by atoms with Crippen LogP contribution < -0.4 is 5.32 Å². The van der Waals surface area contributed by atoms with Gasteiger partial charge < -0.3 is 5.32 Å². The molecule has 7 heteroatoms. The first-order valence-electron chi connectivity index (χ1n) is 4.82. The Bertz CT molecular complexity index is 534. The van der Waals surface area contributed by atoms with Gasteiger partial charge in [0.1, 0.15) is 12.4 Å². The van der Waals surface area contributed by atoms with E-state index in [-0.39, 0.29) is 11.7 Å². The van der Waals surface area contributed by atoms with Crippen molar-refractivity contribution >= 4 is 17.2 Å². The highest BCUT2D eigenvalue weighted by atomic mass is 16.6. The molecule has 0 bridgehead atoms. The van der Waals surface area contributed by atoms with Crippen molar-refractivity contribution in [1.29, 1.82) is 0 Å². The van der Waals surface area contributed by atoms with E-state index in [2.05, 4.69) is 15.4 Å². The second-order valence-corrected chi connectivity index (χ2v) is 3.70. The van der Waals surface area contributed by atoms with Gasteiger partial charge in [0.25, 0.3) is 0 Å². The fourth-order valence-electron chi connectivity index (χ4n) is 1.33. The summed E-state index contributed by atoms with van der Waals surface area (Å²) in [6, 6.07) is 1.99. The summed E-state index contributed by atoms with van der Waals surface area (Å²) in [6.45, 7) is 3.97. The molecule has 1 N–H and O–H groups in total. The van der Waals surface area contributed by atoms with Crippen molar-refractivity contribution in [2.45, 2.75) is 19.9 Å². The first-order valence-corrected chi connectivity index (χ1v) is 4.82. The molecule has 0 aliphatic rings. The molecule has 0 saturated heterocycles. The van der Waals surface area contributed by atoms with Crippen molar-refractivity contribution in [1.82, 2.24) is 14.6 Å². The van der Waals surface area contributed by atoms with Crippen molar-refractivity contribution in [3.8, 4) is 0 Å². The molecular weight excluding hydrogens is 210 g/mol. The lowest BCUT2D eigenvalue weighted by atomic mass is 10.4. The molecule has 0 aliphatic carbocycles. The van der Waals surface area contributed by atoms with E-state index in [0.29, 0.717) is 11.5 Å². The highest BCUT2D eigenvalue weighted by Crippen LogP contribution is 2.14. The minimum absolute atomic E-state index is 0.0771. The van der Waals surface area contributed by atoms with Crippen LogP contribution >= 0.6 is 0 Å². The Hall–Kier alpha value is -2.18. The van der Waals surface area contributed by atoms with Gasteiger partial charge in [0.05, 0.1) is 4.92 Å². The van der Waals surface area contributed by atoms with Crippen LogP contribution in [0.3, 0.4) is 0 Å². The highest BCUT2D eigenvalue weighted by molar-refractivity contribution is 5.51. The van der Waals surface area contributed by atoms with E-state index in [1.165, 1.54) is 16.9 Å². The van der Waals surface area contributed by atoms with Crippen LogP contribution in [0, 0.1) is 10.1 Å². The van der Waals surface area contributed by atoms with Crippen LogP contribution in [0.1, 0.15) is 13.8 Å². The summed E-state index contributed by atoms with van der Waals surface area (Å²) in [6.07, 6.45) is 2.56. The minimum atomic E-state index is -0.496. The molecule has 84 valence electrons. The molecule has 2 aromatic rings. The second kappa shape index (κ2) is 3.76. The summed E-state index contributed by atoms with van der Waals surface area (Å²) in [4.78, 5) is 14.0. The quantitative estimate of drug-likeness (QED) is 0.626. The number of nitrogens with one attached hydrogen (secondary N) is 1. The molecule has 2 heterocycles. The zero-order valence-corrected chi connectivity index (χ0v) is 8.91. The summed E-state index contributed by atoms with van der Waals surface area (Å²) < 4.78 is 1.39. The van der Waals surface area contributed by atoms with Gasteiger partial charge in [0.2, 0.25) is 0 Å². The van der Waals surface area contributed by atoms with Gasteiger partial charge in [-0.2, -0.15) is 0 Å². The Morgan fingerprint density at radius 2 is 2.31 bits per heavy atom. The smallest absolute Gasteiger partial charge is 0.305 e. The van der Waals surface area contributed by atoms with Crippen molar-refractivity contribution < 1.29 is 4.92 Å². The predicted molar refractivity (Wildman–Crippen MR) is 58.4 cm³/mol.